The number of aliphatic hydroxyl groups is 2. The molecule has 6 heteroatoms. The molecule has 0 aromatic heterocycles. The van der Waals surface area contributed by atoms with Gasteiger partial charge in [-0.3, -0.25) is 9.59 Å². The Hall–Kier alpha value is -1.60. The molecule has 0 amide bonds. The summed E-state index contributed by atoms with van der Waals surface area (Å²) in [5, 5.41) is 23.1. The minimum absolute atomic E-state index is 0.0206. The monoisotopic (exact) mass is 454 g/mol. The summed E-state index contributed by atoms with van der Waals surface area (Å²) in [7, 11) is 0. The number of rotatable bonds is 0. The fourth-order valence-corrected chi connectivity index (χ4v) is 8.22. The van der Waals surface area contributed by atoms with Gasteiger partial charge in [-0.15, -0.1) is 0 Å². The first-order valence-corrected chi connectivity index (χ1v) is 12.4. The summed E-state index contributed by atoms with van der Waals surface area (Å²) < 4.78 is 13.7. The van der Waals surface area contributed by atoms with Crippen molar-refractivity contribution < 1.29 is 29.3 Å². The molecule has 6 nitrogen and oxygen atoms in total. The van der Waals surface area contributed by atoms with Gasteiger partial charge in [-0.2, -0.15) is 0 Å². The van der Waals surface area contributed by atoms with Crippen molar-refractivity contribution in [1.82, 2.24) is 0 Å². The molecule has 9 atom stereocenters. The topological polar surface area (TPSA) is 93.1 Å². The fraction of sp³-hybridized carbons (Fsp3) is 0.704. The molecule has 3 fully saturated rings. The first kappa shape index (κ1) is 21.9. The molecule has 1 spiro atoms. The van der Waals surface area contributed by atoms with Gasteiger partial charge in [0.25, 0.3) is 0 Å². The molecule has 2 N–H and O–H groups in total. The highest BCUT2D eigenvalue weighted by molar-refractivity contribution is 6.12. The molecule has 2 heterocycles. The fourth-order valence-electron chi connectivity index (χ4n) is 8.22. The van der Waals surface area contributed by atoms with Crippen molar-refractivity contribution in [2.24, 2.45) is 29.1 Å². The molecule has 0 unspecified atom stereocenters. The van der Waals surface area contributed by atoms with Crippen molar-refractivity contribution in [3.05, 3.63) is 34.9 Å². The third-order valence-corrected chi connectivity index (χ3v) is 10.4. The minimum Gasteiger partial charge on any atom is -0.388 e. The van der Waals surface area contributed by atoms with Gasteiger partial charge in [-0.1, -0.05) is 26.8 Å². The Balaban J connectivity index is 1.56. The van der Waals surface area contributed by atoms with Crippen LogP contribution in [-0.4, -0.2) is 51.0 Å². The van der Waals surface area contributed by atoms with E-state index in [2.05, 4.69) is 13.8 Å². The van der Waals surface area contributed by atoms with E-state index in [4.69, 9.17) is 9.47 Å². The Morgan fingerprint density at radius 3 is 2.36 bits per heavy atom. The van der Waals surface area contributed by atoms with Crippen LogP contribution in [-0.2, 0) is 19.1 Å². The van der Waals surface area contributed by atoms with E-state index in [1.807, 2.05) is 26.8 Å². The summed E-state index contributed by atoms with van der Waals surface area (Å²) >= 11 is 0. The second-order valence-electron chi connectivity index (χ2n) is 12.0. The van der Waals surface area contributed by atoms with Crippen molar-refractivity contribution in [3.63, 3.8) is 0 Å². The van der Waals surface area contributed by atoms with E-state index in [1.54, 1.807) is 6.08 Å². The highest BCUT2D eigenvalue weighted by atomic mass is 16.7. The van der Waals surface area contributed by atoms with Gasteiger partial charge in [-0.05, 0) is 62.3 Å². The van der Waals surface area contributed by atoms with Gasteiger partial charge in [0.05, 0.1) is 11.7 Å². The maximum atomic E-state index is 13.2. The van der Waals surface area contributed by atoms with Crippen LogP contribution < -0.4 is 0 Å². The zero-order valence-electron chi connectivity index (χ0n) is 20.1. The number of ketones is 2. The Morgan fingerprint density at radius 1 is 0.970 bits per heavy atom. The van der Waals surface area contributed by atoms with E-state index >= 15 is 0 Å². The number of carbonyl (C=O) groups excluding carboxylic acids is 2. The lowest BCUT2D eigenvalue weighted by Crippen LogP contribution is -2.70. The zero-order chi connectivity index (χ0) is 23.7. The van der Waals surface area contributed by atoms with Crippen LogP contribution in [0.5, 0.6) is 0 Å². The number of ether oxygens (including phenoxy) is 2. The van der Waals surface area contributed by atoms with E-state index in [1.165, 1.54) is 6.08 Å². The maximum Gasteiger partial charge on any atom is 0.199 e. The van der Waals surface area contributed by atoms with Crippen molar-refractivity contribution >= 4 is 11.6 Å². The molecule has 1 saturated carbocycles. The summed E-state index contributed by atoms with van der Waals surface area (Å²) in [6, 6.07) is 0. The van der Waals surface area contributed by atoms with Crippen molar-refractivity contribution in [2.45, 2.75) is 89.5 Å². The molecular formula is C27H34O6. The van der Waals surface area contributed by atoms with Gasteiger partial charge in [0.15, 0.2) is 17.4 Å². The van der Waals surface area contributed by atoms with Crippen LogP contribution in [0.3, 0.4) is 0 Å². The molecule has 6 rings (SSSR count). The second kappa shape index (κ2) is 6.34. The third-order valence-electron chi connectivity index (χ3n) is 10.4. The van der Waals surface area contributed by atoms with Gasteiger partial charge in [-0.25, -0.2) is 0 Å². The summed E-state index contributed by atoms with van der Waals surface area (Å²) in [4.78, 5) is 25.3. The largest absolute Gasteiger partial charge is 0.388 e. The first-order chi connectivity index (χ1) is 15.4. The van der Waals surface area contributed by atoms with E-state index < -0.39 is 34.6 Å². The summed E-state index contributed by atoms with van der Waals surface area (Å²) in [5.74, 6) is -1.78. The standard InChI is InChI=1S/C27H34O6/c1-13-19-8-9-26(33-27(13)23(31)14(2)24(3,4)32-27)20-12-21(29)18-10-15(28)6-7-16(18)17(20)11-22(30)25(19,26)5/h10-14,16,19,22-23,30-31H,6-9H2,1-5H3/t13-,14-,16+,19-,22+,23+,25-,26+,27-/m0/s1. The first-order valence-electron chi connectivity index (χ1n) is 12.4. The van der Waals surface area contributed by atoms with Crippen molar-refractivity contribution in [1.29, 1.82) is 0 Å². The predicted octanol–water partition coefficient (Wildman–Crippen LogP) is 3.03. The Kier molecular flexibility index (Phi) is 4.20. The van der Waals surface area contributed by atoms with Crippen LogP contribution in [0.2, 0.25) is 0 Å². The summed E-state index contributed by atoms with van der Waals surface area (Å²) in [6.45, 7) is 10.1. The van der Waals surface area contributed by atoms with Gasteiger partial charge < -0.3 is 19.7 Å². The maximum absolute atomic E-state index is 13.2. The number of aliphatic hydroxyl groups excluding tert-OH is 2. The molecule has 4 aliphatic carbocycles. The van der Waals surface area contributed by atoms with Crippen LogP contribution >= 0.6 is 0 Å². The Bertz CT molecular complexity index is 1070. The lowest BCUT2D eigenvalue weighted by atomic mass is 9.52. The summed E-state index contributed by atoms with van der Waals surface area (Å²) in [5.41, 5.74) is 0.103. The highest BCUT2D eigenvalue weighted by Gasteiger charge is 2.77. The molecule has 0 aromatic rings. The SMILES string of the molecule is C[C@H]1[C@@H](O)[C@@]2(OC1(C)C)O[C@@]13CC[C@@H]([C@@H]2C)[C@@]1(C)[C@H](O)C=C1C3=CC(=O)C2=CC(=O)CC[C@@H]21. The van der Waals surface area contributed by atoms with Crippen molar-refractivity contribution in [2.75, 3.05) is 0 Å². The third kappa shape index (κ3) is 2.34. The molecule has 2 bridgehead atoms. The quantitative estimate of drug-likeness (QED) is 0.585. The zero-order valence-corrected chi connectivity index (χ0v) is 20.1. The summed E-state index contributed by atoms with van der Waals surface area (Å²) in [6.07, 6.45) is 5.89. The highest BCUT2D eigenvalue weighted by Crippen LogP contribution is 2.72. The predicted molar refractivity (Wildman–Crippen MR) is 120 cm³/mol. The molecule has 178 valence electrons. The second-order valence-corrected chi connectivity index (χ2v) is 12.0. The molecule has 33 heavy (non-hydrogen) atoms. The normalized spacial score (nSPS) is 52.0. The molecular weight excluding hydrogens is 420 g/mol. The van der Waals surface area contributed by atoms with Gasteiger partial charge in [0, 0.05) is 35.2 Å². The average molecular weight is 455 g/mol. The lowest BCUT2D eigenvalue weighted by molar-refractivity contribution is -0.382. The Morgan fingerprint density at radius 2 is 1.70 bits per heavy atom. The molecule has 6 aliphatic rings. The smallest absolute Gasteiger partial charge is 0.199 e. The molecule has 0 aromatic carbocycles. The lowest BCUT2D eigenvalue weighted by Gasteiger charge is -2.63. The minimum atomic E-state index is -1.20. The molecule has 2 aliphatic heterocycles. The number of hydrogen-bond donors (Lipinski definition) is 2. The van der Waals surface area contributed by atoms with Crippen LogP contribution in [0.4, 0.5) is 0 Å². The van der Waals surface area contributed by atoms with Gasteiger partial charge in [0.1, 0.15) is 11.7 Å². The van der Waals surface area contributed by atoms with Gasteiger partial charge in [0.2, 0.25) is 0 Å². The van der Waals surface area contributed by atoms with E-state index in [0.717, 1.165) is 17.6 Å². The van der Waals surface area contributed by atoms with Crippen LogP contribution in [0.1, 0.15) is 60.3 Å². The number of allylic oxidation sites excluding steroid dienone is 3. The number of carbonyl (C=O) groups is 2. The Labute approximate surface area is 194 Å². The number of hydrogen-bond acceptors (Lipinski definition) is 6. The van der Waals surface area contributed by atoms with Crippen LogP contribution in [0.15, 0.2) is 34.9 Å². The average Bonchev–Trinajstić information content (AvgIpc) is 3.08. The van der Waals surface area contributed by atoms with Gasteiger partial charge >= 0.3 is 0 Å². The molecule has 2 saturated heterocycles. The number of fused-ring (bicyclic) bond motifs is 3. The van der Waals surface area contributed by atoms with Crippen LogP contribution in [0.25, 0.3) is 0 Å². The van der Waals surface area contributed by atoms with E-state index in [0.29, 0.717) is 24.8 Å². The van der Waals surface area contributed by atoms with Crippen molar-refractivity contribution in [3.8, 4) is 0 Å². The molecule has 0 radical (unpaired) electrons. The van der Waals surface area contributed by atoms with E-state index in [9.17, 15) is 19.8 Å². The van der Waals surface area contributed by atoms with Crippen LogP contribution in [0, 0.1) is 29.1 Å². The van der Waals surface area contributed by atoms with E-state index in [-0.39, 0.29) is 35.2 Å².